The van der Waals surface area contributed by atoms with Gasteiger partial charge in [-0.05, 0) is 82.8 Å². The zero-order valence-electron chi connectivity index (χ0n) is 23.7. The number of halogens is 1. The van der Waals surface area contributed by atoms with E-state index < -0.39 is 21.6 Å². The van der Waals surface area contributed by atoms with Gasteiger partial charge in [0.15, 0.2) is 11.5 Å². The first-order valence-electron chi connectivity index (χ1n) is 14.3. The summed E-state index contributed by atoms with van der Waals surface area (Å²) in [6.07, 6.45) is 13.6. The van der Waals surface area contributed by atoms with Gasteiger partial charge in [0.1, 0.15) is 0 Å². The third-order valence-electron chi connectivity index (χ3n) is 8.04. The number of nitrogens with zero attached hydrogens (tertiary/aromatic N) is 6. The summed E-state index contributed by atoms with van der Waals surface area (Å²) in [5.74, 6) is 0.405. The van der Waals surface area contributed by atoms with Crippen molar-refractivity contribution >= 4 is 15.6 Å². The van der Waals surface area contributed by atoms with Crippen LogP contribution in [0, 0.1) is 11.9 Å². The lowest BCUT2D eigenvalue weighted by Gasteiger charge is -2.36. The molecule has 4 heterocycles. The number of rotatable bonds is 9. The average Bonchev–Trinajstić information content (AvgIpc) is 3.71. The van der Waals surface area contributed by atoms with E-state index in [2.05, 4.69) is 44.7 Å². The highest BCUT2D eigenvalue weighted by Gasteiger charge is 2.38. The van der Waals surface area contributed by atoms with E-state index in [1.165, 1.54) is 18.5 Å². The second kappa shape index (κ2) is 11.2. The highest BCUT2D eigenvalue weighted by atomic mass is 32.2. The van der Waals surface area contributed by atoms with Crippen LogP contribution in [0.3, 0.4) is 0 Å². The molecule has 0 bridgehead atoms. The monoisotopic (exact) mass is 593 g/mol. The van der Waals surface area contributed by atoms with Crippen molar-refractivity contribution in [3.05, 3.63) is 78.2 Å². The Hall–Kier alpha value is -3.68. The lowest BCUT2D eigenvalue weighted by molar-refractivity contribution is 0.240. The van der Waals surface area contributed by atoms with Crippen LogP contribution in [0.4, 0.5) is 4.39 Å². The summed E-state index contributed by atoms with van der Waals surface area (Å²) in [5.41, 5.74) is 8.56. The number of aromatic nitrogens is 5. The van der Waals surface area contributed by atoms with Crippen LogP contribution in [0.2, 0.25) is 0 Å². The summed E-state index contributed by atoms with van der Waals surface area (Å²) >= 11 is 0. The molecule has 11 nitrogen and oxygen atoms in total. The van der Waals surface area contributed by atoms with Gasteiger partial charge in [0.2, 0.25) is 5.95 Å². The maximum Gasteiger partial charge on any atom is 0.256 e. The van der Waals surface area contributed by atoms with Crippen LogP contribution in [-0.2, 0) is 15.7 Å². The van der Waals surface area contributed by atoms with Crippen LogP contribution in [0.5, 0.6) is 0 Å². The first kappa shape index (κ1) is 28.4. The molecule has 4 N–H and O–H groups in total. The Morgan fingerprint density at radius 1 is 1.14 bits per heavy atom. The van der Waals surface area contributed by atoms with Crippen molar-refractivity contribution in [2.24, 2.45) is 11.7 Å². The number of pyridine rings is 1. The molecule has 2 saturated carbocycles. The van der Waals surface area contributed by atoms with Crippen molar-refractivity contribution in [3.63, 3.8) is 0 Å². The molecule has 13 heteroatoms. The minimum absolute atomic E-state index is 0.231. The third kappa shape index (κ3) is 5.94. The fourth-order valence-electron chi connectivity index (χ4n) is 5.69. The van der Waals surface area contributed by atoms with Crippen molar-refractivity contribution in [2.45, 2.75) is 55.5 Å². The van der Waals surface area contributed by atoms with Crippen LogP contribution in [-0.4, -0.2) is 69.4 Å². The summed E-state index contributed by atoms with van der Waals surface area (Å²) in [6.45, 7) is 1.07. The van der Waals surface area contributed by atoms with Crippen molar-refractivity contribution < 1.29 is 12.8 Å². The first-order valence-corrected chi connectivity index (χ1v) is 15.8. The largest absolute Gasteiger partial charge is 0.382 e. The molecule has 3 aliphatic rings. The Kier molecular flexibility index (Phi) is 7.58. The van der Waals surface area contributed by atoms with E-state index in [1.807, 2.05) is 6.08 Å². The van der Waals surface area contributed by atoms with Gasteiger partial charge in [0.25, 0.3) is 10.0 Å². The molecule has 0 aromatic carbocycles. The van der Waals surface area contributed by atoms with Crippen LogP contribution in [0.1, 0.15) is 49.9 Å². The Bertz CT molecular complexity index is 1620. The van der Waals surface area contributed by atoms with Crippen LogP contribution >= 0.6 is 0 Å². The van der Waals surface area contributed by atoms with Gasteiger partial charge in [-0.2, -0.15) is 13.6 Å². The molecular weight excluding hydrogens is 557 g/mol. The second-order valence-corrected chi connectivity index (χ2v) is 13.8. The summed E-state index contributed by atoms with van der Waals surface area (Å²) in [7, 11) is 0.702. The topological polar surface area (TPSA) is 144 Å². The first-order chi connectivity index (χ1) is 20.1. The minimum Gasteiger partial charge on any atom is -0.382 e. The standard InChI is InChI=1S/C29H36FN9O2S/c1-38(2)17-19-6-8-21(9-7-19)35-25-14-29(31,33-16-23(25)24-4-3-5-27(30)36-24)26-12-13-32-28(37-26)20-15-34-39(18-20)42(40,41)22-10-11-22/h3-5,12-16,18-19,21-22,33,35H,6-11,17,31H2,1-2H3. The van der Waals surface area contributed by atoms with Gasteiger partial charge in [-0.1, -0.05) is 6.07 Å². The van der Waals surface area contributed by atoms with Gasteiger partial charge >= 0.3 is 0 Å². The fourth-order valence-corrected chi connectivity index (χ4v) is 7.16. The molecule has 1 atom stereocenters. The van der Waals surface area contributed by atoms with E-state index in [0.29, 0.717) is 47.1 Å². The SMILES string of the molecule is CN(C)CC1CCC(NC2=CC(N)(c3ccnc(-c4cnn(S(=O)(=O)C5CC5)c4)n3)NC=C2c2cccc(F)n2)CC1. The lowest BCUT2D eigenvalue weighted by atomic mass is 9.85. The van der Waals surface area contributed by atoms with E-state index in [0.717, 1.165) is 42.0 Å². The van der Waals surface area contributed by atoms with Crippen LogP contribution in [0.15, 0.2) is 60.8 Å². The van der Waals surface area contributed by atoms with Gasteiger partial charge < -0.3 is 21.3 Å². The molecule has 222 valence electrons. The molecule has 2 aliphatic carbocycles. The van der Waals surface area contributed by atoms with Gasteiger partial charge in [-0.25, -0.2) is 23.4 Å². The second-order valence-electron chi connectivity index (χ2n) is 11.7. The van der Waals surface area contributed by atoms with Crippen LogP contribution < -0.4 is 16.4 Å². The number of allylic oxidation sites excluding steroid dienone is 1. The Morgan fingerprint density at radius 3 is 2.64 bits per heavy atom. The normalized spacial score (nSPS) is 24.6. The maximum absolute atomic E-state index is 14.1. The number of nitrogens with one attached hydrogen (secondary N) is 2. The third-order valence-corrected chi connectivity index (χ3v) is 10.1. The molecule has 0 radical (unpaired) electrons. The highest BCUT2D eigenvalue weighted by molar-refractivity contribution is 7.90. The molecule has 0 spiro atoms. The van der Waals surface area contributed by atoms with E-state index in [9.17, 15) is 12.8 Å². The fraction of sp³-hybridized carbons (Fsp3) is 0.448. The van der Waals surface area contributed by atoms with Gasteiger partial charge in [0.05, 0.1) is 34.6 Å². The highest BCUT2D eigenvalue weighted by Crippen LogP contribution is 2.33. The van der Waals surface area contributed by atoms with Crippen molar-refractivity contribution in [1.82, 2.24) is 39.7 Å². The number of hydrogen-bond acceptors (Lipinski definition) is 10. The van der Waals surface area contributed by atoms with E-state index in [4.69, 9.17) is 10.7 Å². The zero-order chi connectivity index (χ0) is 29.5. The van der Waals surface area contributed by atoms with E-state index >= 15 is 0 Å². The molecule has 1 unspecified atom stereocenters. The van der Waals surface area contributed by atoms with Crippen LogP contribution in [0.25, 0.3) is 17.0 Å². The minimum atomic E-state index is -3.51. The molecule has 6 rings (SSSR count). The number of dihydropyridines is 1. The molecular formula is C29H36FN9O2S. The predicted octanol–water partition coefficient (Wildman–Crippen LogP) is 2.56. The lowest BCUT2D eigenvalue weighted by Crippen LogP contribution is -2.50. The summed E-state index contributed by atoms with van der Waals surface area (Å²) in [4.78, 5) is 15.4. The van der Waals surface area contributed by atoms with E-state index in [1.54, 1.807) is 30.6 Å². The van der Waals surface area contributed by atoms with Crippen molar-refractivity contribution in [3.8, 4) is 11.4 Å². The molecule has 42 heavy (non-hydrogen) atoms. The molecule has 0 saturated heterocycles. The Balaban J connectivity index is 1.28. The molecule has 3 aromatic rings. The smallest absolute Gasteiger partial charge is 0.256 e. The summed E-state index contributed by atoms with van der Waals surface area (Å²) in [5, 5.41) is 10.6. The van der Waals surface area contributed by atoms with Gasteiger partial charge in [-0.3, -0.25) is 0 Å². The summed E-state index contributed by atoms with van der Waals surface area (Å²) in [6, 6.07) is 6.65. The maximum atomic E-state index is 14.1. The van der Waals surface area contributed by atoms with Gasteiger partial charge in [0, 0.05) is 36.3 Å². The zero-order valence-corrected chi connectivity index (χ0v) is 24.6. The van der Waals surface area contributed by atoms with Crippen molar-refractivity contribution in [2.75, 3.05) is 20.6 Å². The summed E-state index contributed by atoms with van der Waals surface area (Å²) < 4.78 is 40.3. The predicted molar refractivity (Wildman–Crippen MR) is 157 cm³/mol. The van der Waals surface area contributed by atoms with E-state index in [-0.39, 0.29) is 11.3 Å². The molecule has 0 amide bonds. The molecule has 3 aromatic heterocycles. The van der Waals surface area contributed by atoms with Gasteiger partial charge in [-0.15, -0.1) is 0 Å². The Morgan fingerprint density at radius 2 is 1.93 bits per heavy atom. The average molecular weight is 594 g/mol. The van der Waals surface area contributed by atoms with Crippen molar-refractivity contribution in [1.29, 1.82) is 0 Å². The Labute approximate surface area is 245 Å². The molecule has 2 fully saturated rings. The number of hydrogen-bond donors (Lipinski definition) is 3. The molecule has 1 aliphatic heterocycles. The quantitative estimate of drug-likeness (QED) is 0.317. The number of nitrogens with two attached hydrogens (primary N) is 1.